The Morgan fingerprint density at radius 2 is 2.06 bits per heavy atom. The van der Waals surface area contributed by atoms with Gasteiger partial charge in [-0.2, -0.15) is 5.10 Å². The molecule has 0 spiro atoms. The molecule has 0 bridgehead atoms. The molecule has 8 heteroatoms. The summed E-state index contributed by atoms with van der Waals surface area (Å²) in [6.45, 7) is -0.0252. The van der Waals surface area contributed by atoms with Crippen LogP contribution < -0.4 is 5.32 Å². The smallest absolute Gasteiger partial charge is 0.358 e. The van der Waals surface area contributed by atoms with Crippen molar-refractivity contribution >= 4 is 17.7 Å². The van der Waals surface area contributed by atoms with E-state index in [-0.39, 0.29) is 18.1 Å². The zero-order chi connectivity index (χ0) is 13.0. The fourth-order valence-electron chi connectivity index (χ4n) is 1.30. The molecule has 0 fully saturated rings. The van der Waals surface area contributed by atoms with E-state index in [0.717, 1.165) is 0 Å². The molecule has 0 atom stereocenters. The molecule has 0 aliphatic rings. The standard InChI is InChI=1S/C10H9N5O3/c16-7(6-15-5-1-2-13-15)14-9-8(10(17)18)11-3-4-12-9/h1-5H,6H2,(H,17,18)(H,12,14,16). The Kier molecular flexibility index (Phi) is 3.28. The number of carbonyl (C=O) groups excluding carboxylic acids is 1. The molecule has 2 N–H and O–H groups in total. The SMILES string of the molecule is O=C(Cn1cccn1)Nc1nccnc1C(=O)O. The number of aromatic carboxylic acids is 1. The molecule has 8 nitrogen and oxygen atoms in total. The predicted molar refractivity (Wildman–Crippen MR) is 59.8 cm³/mol. The molecule has 0 unspecified atom stereocenters. The molecule has 2 heterocycles. The summed E-state index contributed by atoms with van der Waals surface area (Å²) in [6, 6.07) is 1.68. The number of amides is 1. The van der Waals surface area contributed by atoms with Gasteiger partial charge in [-0.3, -0.25) is 9.48 Å². The maximum absolute atomic E-state index is 11.6. The van der Waals surface area contributed by atoms with E-state index in [1.165, 1.54) is 23.3 Å². The Morgan fingerprint density at radius 1 is 1.28 bits per heavy atom. The fourth-order valence-corrected chi connectivity index (χ4v) is 1.30. The highest BCUT2D eigenvalue weighted by Crippen LogP contribution is 2.07. The topological polar surface area (TPSA) is 110 Å². The molecule has 0 aromatic carbocycles. The minimum absolute atomic E-state index is 0.0252. The van der Waals surface area contributed by atoms with Crippen molar-refractivity contribution in [2.24, 2.45) is 0 Å². The second kappa shape index (κ2) is 5.04. The second-order valence-corrected chi connectivity index (χ2v) is 3.31. The van der Waals surface area contributed by atoms with Gasteiger partial charge in [0.2, 0.25) is 5.91 Å². The number of carbonyl (C=O) groups is 2. The number of hydrogen-bond donors (Lipinski definition) is 2. The van der Waals surface area contributed by atoms with Crippen LogP contribution in [0.1, 0.15) is 10.5 Å². The highest BCUT2D eigenvalue weighted by molar-refractivity contribution is 5.97. The second-order valence-electron chi connectivity index (χ2n) is 3.31. The average molecular weight is 247 g/mol. The van der Waals surface area contributed by atoms with Gasteiger partial charge < -0.3 is 10.4 Å². The lowest BCUT2D eigenvalue weighted by Crippen LogP contribution is -2.21. The van der Waals surface area contributed by atoms with E-state index in [0.29, 0.717) is 0 Å². The maximum atomic E-state index is 11.6. The van der Waals surface area contributed by atoms with Crippen LogP contribution in [-0.2, 0) is 11.3 Å². The van der Waals surface area contributed by atoms with Crippen LogP contribution in [0.4, 0.5) is 5.82 Å². The van der Waals surface area contributed by atoms with Crippen molar-refractivity contribution in [3.8, 4) is 0 Å². The van der Waals surface area contributed by atoms with Crippen molar-refractivity contribution in [2.75, 3.05) is 5.32 Å². The Balaban J connectivity index is 2.09. The van der Waals surface area contributed by atoms with Crippen molar-refractivity contribution in [1.82, 2.24) is 19.7 Å². The number of hydrogen-bond acceptors (Lipinski definition) is 5. The molecule has 0 radical (unpaired) electrons. The van der Waals surface area contributed by atoms with Gasteiger partial charge in [0.1, 0.15) is 6.54 Å². The van der Waals surface area contributed by atoms with Crippen LogP contribution in [0, 0.1) is 0 Å². The predicted octanol–water partition coefficient (Wildman–Crippen LogP) is 0.01000. The first-order valence-electron chi connectivity index (χ1n) is 4.98. The van der Waals surface area contributed by atoms with Gasteiger partial charge in [0.25, 0.3) is 0 Å². The van der Waals surface area contributed by atoms with E-state index in [1.807, 2.05) is 0 Å². The average Bonchev–Trinajstić information content (AvgIpc) is 2.82. The summed E-state index contributed by atoms with van der Waals surface area (Å²) in [7, 11) is 0. The Labute approximate surface area is 101 Å². The van der Waals surface area contributed by atoms with Crippen LogP contribution in [0.3, 0.4) is 0 Å². The minimum atomic E-state index is -1.25. The van der Waals surface area contributed by atoms with Crippen LogP contribution >= 0.6 is 0 Å². The quantitative estimate of drug-likeness (QED) is 0.787. The lowest BCUT2D eigenvalue weighted by molar-refractivity contribution is -0.116. The van der Waals surface area contributed by atoms with Gasteiger partial charge in [-0.15, -0.1) is 0 Å². The molecule has 18 heavy (non-hydrogen) atoms. The summed E-state index contributed by atoms with van der Waals surface area (Å²) >= 11 is 0. The summed E-state index contributed by atoms with van der Waals surface area (Å²) in [4.78, 5) is 29.9. The van der Waals surface area contributed by atoms with Crippen LogP contribution in [0.5, 0.6) is 0 Å². The number of rotatable bonds is 4. The lowest BCUT2D eigenvalue weighted by atomic mass is 10.4. The molecule has 0 aliphatic carbocycles. The molecule has 0 saturated heterocycles. The van der Waals surface area contributed by atoms with Gasteiger partial charge in [0.15, 0.2) is 11.5 Å². The third-order valence-corrected chi connectivity index (χ3v) is 2.02. The van der Waals surface area contributed by atoms with Crippen molar-refractivity contribution in [3.05, 3.63) is 36.5 Å². The van der Waals surface area contributed by atoms with Crippen LogP contribution in [0.15, 0.2) is 30.9 Å². The summed E-state index contributed by atoms with van der Waals surface area (Å²) in [5, 5.41) is 15.1. The first-order valence-corrected chi connectivity index (χ1v) is 4.98. The molecule has 2 aromatic heterocycles. The monoisotopic (exact) mass is 247 g/mol. The third-order valence-electron chi connectivity index (χ3n) is 2.02. The minimum Gasteiger partial charge on any atom is -0.476 e. The number of anilines is 1. The summed E-state index contributed by atoms with van der Waals surface area (Å²) in [5.41, 5.74) is -0.300. The fraction of sp³-hybridized carbons (Fsp3) is 0.100. The lowest BCUT2D eigenvalue weighted by Gasteiger charge is -2.06. The van der Waals surface area contributed by atoms with Gasteiger partial charge in [-0.25, -0.2) is 14.8 Å². The van der Waals surface area contributed by atoms with Gasteiger partial charge in [-0.05, 0) is 6.07 Å². The maximum Gasteiger partial charge on any atom is 0.358 e. The van der Waals surface area contributed by atoms with E-state index in [9.17, 15) is 9.59 Å². The van der Waals surface area contributed by atoms with E-state index in [2.05, 4.69) is 20.4 Å². The first-order chi connectivity index (χ1) is 8.66. The Morgan fingerprint density at radius 3 is 2.72 bits per heavy atom. The zero-order valence-electron chi connectivity index (χ0n) is 9.15. The number of nitrogens with one attached hydrogen (secondary N) is 1. The largest absolute Gasteiger partial charge is 0.476 e. The number of aromatic nitrogens is 4. The summed E-state index contributed by atoms with van der Waals surface area (Å²) < 4.78 is 1.41. The molecule has 0 aliphatic heterocycles. The molecule has 2 aromatic rings. The number of carboxylic acids is 1. The third kappa shape index (κ3) is 2.67. The van der Waals surface area contributed by atoms with Crippen molar-refractivity contribution in [1.29, 1.82) is 0 Å². The Hall–Kier alpha value is -2.77. The van der Waals surface area contributed by atoms with E-state index in [1.54, 1.807) is 12.3 Å². The number of carboxylic acid groups (broad SMARTS) is 1. The van der Waals surface area contributed by atoms with Crippen molar-refractivity contribution < 1.29 is 14.7 Å². The molecule has 92 valence electrons. The van der Waals surface area contributed by atoms with E-state index >= 15 is 0 Å². The highest BCUT2D eigenvalue weighted by Gasteiger charge is 2.15. The van der Waals surface area contributed by atoms with Gasteiger partial charge in [-0.1, -0.05) is 0 Å². The molecule has 0 saturated carbocycles. The highest BCUT2D eigenvalue weighted by atomic mass is 16.4. The zero-order valence-corrected chi connectivity index (χ0v) is 9.15. The van der Waals surface area contributed by atoms with Crippen molar-refractivity contribution in [2.45, 2.75) is 6.54 Å². The van der Waals surface area contributed by atoms with Crippen LogP contribution in [0.25, 0.3) is 0 Å². The Bertz CT molecular complexity index is 567. The van der Waals surface area contributed by atoms with Crippen molar-refractivity contribution in [3.63, 3.8) is 0 Å². The van der Waals surface area contributed by atoms with Crippen LogP contribution in [0.2, 0.25) is 0 Å². The van der Waals surface area contributed by atoms with Gasteiger partial charge in [0, 0.05) is 24.8 Å². The summed E-state index contributed by atoms with van der Waals surface area (Å²) in [6.07, 6.45) is 5.70. The molecule has 1 amide bonds. The molecular weight excluding hydrogens is 238 g/mol. The summed E-state index contributed by atoms with van der Waals surface area (Å²) in [5.74, 6) is -1.76. The van der Waals surface area contributed by atoms with Gasteiger partial charge in [0.05, 0.1) is 0 Å². The van der Waals surface area contributed by atoms with Crippen LogP contribution in [-0.4, -0.2) is 36.7 Å². The molecular formula is C10H9N5O3. The number of nitrogens with zero attached hydrogens (tertiary/aromatic N) is 4. The molecule has 2 rings (SSSR count). The first kappa shape index (κ1) is 11.7. The van der Waals surface area contributed by atoms with Gasteiger partial charge >= 0.3 is 5.97 Å². The van der Waals surface area contributed by atoms with E-state index < -0.39 is 11.9 Å². The normalized spacial score (nSPS) is 10.0. The van der Waals surface area contributed by atoms with E-state index in [4.69, 9.17) is 5.11 Å².